The highest BCUT2D eigenvalue weighted by Gasteiger charge is 2.10. The summed E-state index contributed by atoms with van der Waals surface area (Å²) in [6.07, 6.45) is 4.42. The van der Waals surface area contributed by atoms with E-state index in [1.54, 1.807) is 24.2 Å². The Bertz CT molecular complexity index is 473. The van der Waals surface area contributed by atoms with E-state index in [9.17, 15) is 0 Å². The second kappa shape index (κ2) is 5.80. The summed E-state index contributed by atoms with van der Waals surface area (Å²) in [5, 5.41) is 0.753. The Morgan fingerprint density at radius 2 is 1.88 bits per heavy atom. The molecule has 0 bridgehead atoms. The van der Waals surface area contributed by atoms with Gasteiger partial charge in [0.15, 0.2) is 5.16 Å². The molecule has 0 aliphatic carbocycles. The van der Waals surface area contributed by atoms with Gasteiger partial charge < -0.3 is 5.73 Å². The lowest BCUT2D eigenvalue weighted by molar-refractivity contribution is 0.685. The molecule has 2 aromatic rings. The van der Waals surface area contributed by atoms with Gasteiger partial charge in [0.2, 0.25) is 0 Å². The fourth-order valence-corrected chi connectivity index (χ4v) is 2.44. The van der Waals surface area contributed by atoms with Crippen molar-refractivity contribution < 1.29 is 0 Å². The van der Waals surface area contributed by atoms with Gasteiger partial charge in [-0.2, -0.15) is 0 Å². The molecule has 0 amide bonds. The minimum absolute atomic E-state index is 0.0717. The molecule has 4 heteroatoms. The van der Waals surface area contributed by atoms with Crippen LogP contribution in [0.25, 0.3) is 0 Å². The summed E-state index contributed by atoms with van der Waals surface area (Å²) in [5.74, 6) is 0. The third kappa shape index (κ3) is 3.05. The maximum atomic E-state index is 6.09. The van der Waals surface area contributed by atoms with Gasteiger partial charge in [0.05, 0.1) is 0 Å². The van der Waals surface area contributed by atoms with Crippen molar-refractivity contribution in [1.82, 2.24) is 9.97 Å². The van der Waals surface area contributed by atoms with Gasteiger partial charge in [0.1, 0.15) is 0 Å². The number of nitrogens with zero attached hydrogens (tertiary/aromatic N) is 2. The van der Waals surface area contributed by atoms with Crippen LogP contribution in [-0.2, 0) is 0 Å². The van der Waals surface area contributed by atoms with Crippen LogP contribution in [0.15, 0.2) is 52.8 Å². The molecule has 17 heavy (non-hydrogen) atoms. The first-order valence-electron chi connectivity index (χ1n) is 5.60. The van der Waals surface area contributed by atoms with Gasteiger partial charge in [-0.05, 0) is 35.9 Å². The third-order valence-electron chi connectivity index (χ3n) is 2.50. The van der Waals surface area contributed by atoms with E-state index in [4.69, 9.17) is 5.73 Å². The highest BCUT2D eigenvalue weighted by molar-refractivity contribution is 7.99. The molecule has 0 saturated heterocycles. The molecule has 88 valence electrons. The summed E-state index contributed by atoms with van der Waals surface area (Å²) in [5.41, 5.74) is 7.25. The Balaban J connectivity index is 2.27. The predicted octanol–water partition coefficient (Wildman–Crippen LogP) is 3.04. The van der Waals surface area contributed by atoms with Gasteiger partial charge in [-0.25, -0.2) is 9.97 Å². The van der Waals surface area contributed by atoms with E-state index in [1.165, 1.54) is 0 Å². The van der Waals surface area contributed by atoms with Crippen molar-refractivity contribution in [1.29, 1.82) is 0 Å². The molecule has 1 aromatic carbocycles. The topological polar surface area (TPSA) is 51.8 Å². The zero-order chi connectivity index (χ0) is 12.1. The van der Waals surface area contributed by atoms with Gasteiger partial charge in [0, 0.05) is 23.3 Å². The van der Waals surface area contributed by atoms with Crippen LogP contribution in [0, 0.1) is 0 Å². The van der Waals surface area contributed by atoms with Crippen LogP contribution in [0.2, 0.25) is 0 Å². The van der Waals surface area contributed by atoms with E-state index in [0.29, 0.717) is 0 Å². The maximum Gasteiger partial charge on any atom is 0.192 e. The first-order valence-corrected chi connectivity index (χ1v) is 6.42. The molecule has 3 nitrogen and oxygen atoms in total. The number of benzene rings is 1. The van der Waals surface area contributed by atoms with Gasteiger partial charge in [-0.15, -0.1) is 0 Å². The summed E-state index contributed by atoms with van der Waals surface area (Å²) in [6.45, 7) is 2.09. The average Bonchev–Trinajstić information content (AvgIpc) is 2.40. The molecule has 1 aromatic heterocycles. The van der Waals surface area contributed by atoms with Gasteiger partial charge in [0.25, 0.3) is 0 Å². The third-order valence-corrected chi connectivity index (χ3v) is 3.49. The van der Waals surface area contributed by atoms with E-state index in [2.05, 4.69) is 29.0 Å². The molecule has 0 fully saturated rings. The maximum absolute atomic E-state index is 6.09. The number of aromatic nitrogens is 2. The molecular formula is C13H15N3S. The molecule has 1 heterocycles. The van der Waals surface area contributed by atoms with Crippen LogP contribution in [0.1, 0.15) is 24.9 Å². The van der Waals surface area contributed by atoms with Crippen molar-refractivity contribution in [3.05, 3.63) is 48.3 Å². The van der Waals surface area contributed by atoms with Crippen molar-refractivity contribution in [2.45, 2.75) is 29.4 Å². The molecule has 1 unspecified atom stereocenters. The highest BCUT2D eigenvalue weighted by Crippen LogP contribution is 2.31. The van der Waals surface area contributed by atoms with Crippen LogP contribution in [0.5, 0.6) is 0 Å². The molecule has 1 atom stereocenters. The largest absolute Gasteiger partial charge is 0.324 e. The number of nitrogens with two attached hydrogens (primary N) is 1. The number of rotatable bonds is 4. The first-order chi connectivity index (χ1) is 8.31. The summed E-state index contributed by atoms with van der Waals surface area (Å²) < 4.78 is 0. The fraction of sp³-hybridized carbons (Fsp3) is 0.231. The van der Waals surface area contributed by atoms with Crippen molar-refractivity contribution in [3.63, 3.8) is 0 Å². The Labute approximate surface area is 105 Å². The zero-order valence-electron chi connectivity index (χ0n) is 9.71. The van der Waals surface area contributed by atoms with Gasteiger partial charge >= 0.3 is 0 Å². The number of hydrogen-bond donors (Lipinski definition) is 1. The first kappa shape index (κ1) is 12.1. The van der Waals surface area contributed by atoms with Gasteiger partial charge in [-0.3, -0.25) is 0 Å². The normalized spacial score (nSPS) is 12.4. The molecule has 0 spiro atoms. The van der Waals surface area contributed by atoms with Crippen LogP contribution in [0.3, 0.4) is 0 Å². The van der Waals surface area contributed by atoms with Crippen molar-refractivity contribution in [2.24, 2.45) is 5.73 Å². The molecule has 0 aliphatic heterocycles. The average molecular weight is 245 g/mol. The van der Waals surface area contributed by atoms with Crippen molar-refractivity contribution in [3.8, 4) is 0 Å². The second-order valence-corrected chi connectivity index (χ2v) is 4.70. The zero-order valence-corrected chi connectivity index (χ0v) is 10.5. The van der Waals surface area contributed by atoms with E-state index < -0.39 is 0 Å². The van der Waals surface area contributed by atoms with Crippen LogP contribution in [-0.4, -0.2) is 9.97 Å². The summed E-state index contributed by atoms with van der Waals surface area (Å²) in [6, 6.07) is 10.0. The summed E-state index contributed by atoms with van der Waals surface area (Å²) >= 11 is 1.56. The molecule has 0 saturated carbocycles. The minimum atomic E-state index is 0.0717. The second-order valence-electron chi connectivity index (χ2n) is 3.69. The molecule has 2 N–H and O–H groups in total. The van der Waals surface area contributed by atoms with E-state index in [0.717, 1.165) is 22.0 Å². The van der Waals surface area contributed by atoms with E-state index >= 15 is 0 Å². The van der Waals surface area contributed by atoms with Crippen LogP contribution in [0.4, 0.5) is 0 Å². The summed E-state index contributed by atoms with van der Waals surface area (Å²) in [4.78, 5) is 9.56. The smallest absolute Gasteiger partial charge is 0.192 e. The quantitative estimate of drug-likeness (QED) is 0.841. The lowest BCUT2D eigenvalue weighted by Crippen LogP contribution is -2.09. The van der Waals surface area contributed by atoms with Crippen LogP contribution < -0.4 is 5.73 Å². The Hall–Kier alpha value is -1.39. The Morgan fingerprint density at radius 3 is 2.59 bits per heavy atom. The van der Waals surface area contributed by atoms with Gasteiger partial charge in [-0.1, -0.05) is 25.1 Å². The predicted molar refractivity (Wildman–Crippen MR) is 69.8 cm³/mol. The monoisotopic (exact) mass is 245 g/mol. The van der Waals surface area contributed by atoms with Crippen molar-refractivity contribution in [2.75, 3.05) is 0 Å². The Kier molecular flexibility index (Phi) is 4.12. The molecule has 0 aliphatic rings. The SMILES string of the molecule is CCC(N)c1ccccc1Sc1ncccn1. The lowest BCUT2D eigenvalue weighted by Gasteiger charge is -2.13. The van der Waals surface area contributed by atoms with Crippen LogP contribution >= 0.6 is 11.8 Å². The summed E-state index contributed by atoms with van der Waals surface area (Å²) in [7, 11) is 0. The van der Waals surface area contributed by atoms with E-state index in [1.807, 2.05) is 18.2 Å². The molecule has 0 radical (unpaired) electrons. The molecule has 2 rings (SSSR count). The highest BCUT2D eigenvalue weighted by atomic mass is 32.2. The minimum Gasteiger partial charge on any atom is -0.324 e. The van der Waals surface area contributed by atoms with Crippen molar-refractivity contribution >= 4 is 11.8 Å². The fourth-order valence-electron chi connectivity index (χ4n) is 1.54. The number of hydrogen-bond acceptors (Lipinski definition) is 4. The lowest BCUT2D eigenvalue weighted by atomic mass is 10.1. The molecular weight excluding hydrogens is 230 g/mol. The Morgan fingerprint density at radius 1 is 1.18 bits per heavy atom. The standard InChI is InChI=1S/C13H15N3S/c1-2-11(14)10-6-3-4-7-12(10)17-13-15-8-5-9-16-13/h3-9,11H,2,14H2,1H3. The van der Waals surface area contributed by atoms with E-state index in [-0.39, 0.29) is 6.04 Å².